The molecular weight excluding hydrogens is 252 g/mol. The maximum Gasteiger partial charge on any atom is 0.270 e. The summed E-state index contributed by atoms with van der Waals surface area (Å²) in [6, 6.07) is 4.48. The van der Waals surface area contributed by atoms with E-state index in [4.69, 9.17) is 11.6 Å². The predicted molar refractivity (Wildman–Crippen MR) is 74.9 cm³/mol. The molecule has 1 N–H and O–H groups in total. The first-order valence-corrected chi connectivity index (χ1v) is 6.30. The molecule has 0 saturated heterocycles. The van der Waals surface area contributed by atoms with Crippen molar-refractivity contribution in [2.75, 3.05) is 13.1 Å². The predicted octanol–water partition coefficient (Wildman–Crippen LogP) is 3.65. The number of hydrogen-bond acceptors (Lipinski definition) is 3. The van der Waals surface area contributed by atoms with Gasteiger partial charge >= 0.3 is 0 Å². The van der Waals surface area contributed by atoms with E-state index in [1.54, 1.807) is 6.07 Å². The quantitative estimate of drug-likeness (QED) is 0.633. The first kappa shape index (κ1) is 14.7. The summed E-state index contributed by atoms with van der Waals surface area (Å²) in [6.07, 6.45) is 2.80. The molecule has 0 aromatic heterocycles. The highest BCUT2D eigenvalue weighted by atomic mass is 35.5. The lowest BCUT2D eigenvalue weighted by Crippen LogP contribution is -2.15. The summed E-state index contributed by atoms with van der Waals surface area (Å²) in [7, 11) is 0. The van der Waals surface area contributed by atoms with Crippen LogP contribution >= 0.6 is 11.6 Å². The lowest BCUT2D eigenvalue weighted by atomic mass is 10.1. The van der Waals surface area contributed by atoms with Gasteiger partial charge in [-0.3, -0.25) is 10.1 Å². The fourth-order valence-corrected chi connectivity index (χ4v) is 1.71. The fraction of sp³-hybridized carbons (Fsp3) is 0.385. The number of nitrogens with one attached hydrogen (secondary N) is 1. The SMILES string of the molecule is CCNCC(=Cc1cc([N+](=O)[O-])ccc1Cl)CC. The van der Waals surface area contributed by atoms with Gasteiger partial charge < -0.3 is 5.32 Å². The number of nitrogens with zero attached hydrogens (tertiary/aromatic N) is 1. The first-order valence-electron chi connectivity index (χ1n) is 5.92. The smallest absolute Gasteiger partial charge is 0.270 e. The van der Waals surface area contributed by atoms with E-state index in [9.17, 15) is 10.1 Å². The van der Waals surface area contributed by atoms with E-state index in [0.29, 0.717) is 10.6 Å². The van der Waals surface area contributed by atoms with Crippen LogP contribution in [-0.4, -0.2) is 18.0 Å². The van der Waals surface area contributed by atoms with Crippen LogP contribution in [0.5, 0.6) is 0 Å². The molecule has 0 fully saturated rings. The van der Waals surface area contributed by atoms with Crippen molar-refractivity contribution in [3.05, 3.63) is 44.5 Å². The molecule has 98 valence electrons. The molecule has 0 saturated carbocycles. The van der Waals surface area contributed by atoms with Crippen LogP contribution in [-0.2, 0) is 0 Å². The largest absolute Gasteiger partial charge is 0.313 e. The molecule has 0 spiro atoms. The third kappa shape index (κ3) is 4.13. The van der Waals surface area contributed by atoms with Crippen LogP contribution < -0.4 is 5.32 Å². The monoisotopic (exact) mass is 268 g/mol. The average Bonchev–Trinajstić information content (AvgIpc) is 2.36. The molecule has 4 nitrogen and oxygen atoms in total. The molecule has 0 aliphatic rings. The number of halogens is 1. The maximum atomic E-state index is 10.7. The van der Waals surface area contributed by atoms with Crippen LogP contribution in [0.1, 0.15) is 25.8 Å². The second-order valence-electron chi connectivity index (χ2n) is 3.90. The third-order valence-corrected chi connectivity index (χ3v) is 2.95. The highest BCUT2D eigenvalue weighted by molar-refractivity contribution is 6.32. The number of benzene rings is 1. The van der Waals surface area contributed by atoms with Gasteiger partial charge in [0, 0.05) is 23.7 Å². The topological polar surface area (TPSA) is 55.2 Å². The van der Waals surface area contributed by atoms with Gasteiger partial charge in [0.25, 0.3) is 5.69 Å². The van der Waals surface area contributed by atoms with Crippen molar-refractivity contribution in [1.29, 1.82) is 0 Å². The Morgan fingerprint density at radius 2 is 2.22 bits per heavy atom. The zero-order valence-electron chi connectivity index (χ0n) is 10.6. The molecule has 0 aliphatic heterocycles. The van der Waals surface area contributed by atoms with Crippen LogP contribution in [0.15, 0.2) is 23.8 Å². The Balaban J connectivity index is 3.03. The van der Waals surface area contributed by atoms with Crippen molar-refractivity contribution >= 4 is 23.4 Å². The van der Waals surface area contributed by atoms with Crippen molar-refractivity contribution in [2.24, 2.45) is 0 Å². The van der Waals surface area contributed by atoms with Crippen molar-refractivity contribution in [1.82, 2.24) is 5.32 Å². The second kappa shape index (κ2) is 7.13. The van der Waals surface area contributed by atoms with Gasteiger partial charge in [0.1, 0.15) is 0 Å². The number of likely N-dealkylation sites (N-methyl/N-ethyl adjacent to an activating group) is 1. The molecule has 0 amide bonds. The molecule has 0 bridgehead atoms. The zero-order chi connectivity index (χ0) is 13.5. The lowest BCUT2D eigenvalue weighted by Gasteiger charge is -2.06. The van der Waals surface area contributed by atoms with Gasteiger partial charge in [0.2, 0.25) is 0 Å². The van der Waals surface area contributed by atoms with E-state index in [0.717, 1.165) is 19.5 Å². The summed E-state index contributed by atoms with van der Waals surface area (Å²) >= 11 is 6.05. The van der Waals surface area contributed by atoms with Crippen molar-refractivity contribution in [2.45, 2.75) is 20.3 Å². The Kier molecular flexibility index (Phi) is 5.82. The van der Waals surface area contributed by atoms with Crippen LogP contribution in [0.25, 0.3) is 6.08 Å². The molecule has 1 rings (SSSR count). The molecule has 0 atom stereocenters. The molecule has 0 aliphatic carbocycles. The Bertz CT molecular complexity index is 458. The van der Waals surface area contributed by atoms with E-state index >= 15 is 0 Å². The molecule has 0 radical (unpaired) electrons. The van der Waals surface area contributed by atoms with E-state index in [1.165, 1.54) is 17.7 Å². The number of hydrogen-bond donors (Lipinski definition) is 1. The van der Waals surface area contributed by atoms with E-state index in [2.05, 4.69) is 12.2 Å². The van der Waals surface area contributed by atoms with Gasteiger partial charge in [0.15, 0.2) is 0 Å². The average molecular weight is 269 g/mol. The molecule has 5 heteroatoms. The second-order valence-corrected chi connectivity index (χ2v) is 4.31. The normalized spacial score (nSPS) is 11.6. The summed E-state index contributed by atoms with van der Waals surface area (Å²) < 4.78 is 0. The van der Waals surface area contributed by atoms with Crippen molar-refractivity contribution in [3.63, 3.8) is 0 Å². The highest BCUT2D eigenvalue weighted by Gasteiger charge is 2.08. The van der Waals surface area contributed by atoms with E-state index < -0.39 is 4.92 Å². The summed E-state index contributed by atoms with van der Waals surface area (Å²) in [5, 5.41) is 14.5. The Morgan fingerprint density at radius 1 is 1.50 bits per heavy atom. The summed E-state index contributed by atoms with van der Waals surface area (Å²) in [5.74, 6) is 0. The molecule has 1 aromatic carbocycles. The fourth-order valence-electron chi connectivity index (χ4n) is 1.54. The molecular formula is C13H17ClN2O2. The van der Waals surface area contributed by atoms with E-state index in [1.807, 2.05) is 13.0 Å². The molecule has 18 heavy (non-hydrogen) atoms. The summed E-state index contributed by atoms with van der Waals surface area (Å²) in [5.41, 5.74) is 1.92. The van der Waals surface area contributed by atoms with Gasteiger partial charge in [-0.05, 0) is 24.6 Å². The van der Waals surface area contributed by atoms with Gasteiger partial charge in [0.05, 0.1) is 4.92 Å². The molecule has 0 heterocycles. The minimum absolute atomic E-state index is 0.0598. The first-order chi connectivity index (χ1) is 8.58. The van der Waals surface area contributed by atoms with Crippen LogP contribution in [0.2, 0.25) is 5.02 Å². The zero-order valence-corrected chi connectivity index (χ0v) is 11.3. The van der Waals surface area contributed by atoms with Gasteiger partial charge in [-0.1, -0.05) is 37.1 Å². The Labute approximate surface area is 112 Å². The Hall–Kier alpha value is -1.39. The van der Waals surface area contributed by atoms with Crippen LogP contribution in [0, 0.1) is 10.1 Å². The minimum atomic E-state index is -0.413. The van der Waals surface area contributed by atoms with Crippen molar-refractivity contribution in [3.8, 4) is 0 Å². The Morgan fingerprint density at radius 3 is 2.78 bits per heavy atom. The number of nitro benzene ring substituents is 1. The number of rotatable bonds is 6. The molecule has 0 unspecified atom stereocenters. The molecule has 1 aromatic rings. The summed E-state index contributed by atoms with van der Waals surface area (Å²) in [4.78, 5) is 10.3. The maximum absolute atomic E-state index is 10.7. The standard InChI is InChI=1S/C13H17ClN2O2/c1-3-10(9-15-4-2)7-11-8-12(16(17)18)5-6-13(11)14/h5-8,15H,3-4,9H2,1-2H3. The van der Waals surface area contributed by atoms with Crippen molar-refractivity contribution < 1.29 is 4.92 Å². The van der Waals surface area contributed by atoms with Crippen LogP contribution in [0.4, 0.5) is 5.69 Å². The number of non-ortho nitro benzene ring substituents is 1. The highest BCUT2D eigenvalue weighted by Crippen LogP contribution is 2.24. The van der Waals surface area contributed by atoms with Gasteiger partial charge in [-0.2, -0.15) is 0 Å². The van der Waals surface area contributed by atoms with Crippen LogP contribution in [0.3, 0.4) is 0 Å². The third-order valence-electron chi connectivity index (χ3n) is 2.61. The van der Waals surface area contributed by atoms with Gasteiger partial charge in [-0.25, -0.2) is 0 Å². The summed E-state index contributed by atoms with van der Waals surface area (Å²) in [6.45, 7) is 5.74. The lowest BCUT2D eigenvalue weighted by molar-refractivity contribution is -0.384. The number of nitro groups is 1. The van der Waals surface area contributed by atoms with Gasteiger partial charge in [-0.15, -0.1) is 0 Å². The van der Waals surface area contributed by atoms with E-state index in [-0.39, 0.29) is 5.69 Å². The minimum Gasteiger partial charge on any atom is -0.313 e.